The number of ether oxygens (including phenoxy) is 1. The average molecular weight is 364 g/mol. The van der Waals surface area contributed by atoms with Crippen LogP contribution in [0.5, 0.6) is 11.5 Å². The van der Waals surface area contributed by atoms with E-state index < -0.39 is 0 Å². The third-order valence-corrected chi connectivity index (χ3v) is 3.86. The van der Waals surface area contributed by atoms with Crippen molar-refractivity contribution in [2.24, 2.45) is 5.73 Å². The van der Waals surface area contributed by atoms with Gasteiger partial charge in [-0.2, -0.15) is 0 Å². The fourth-order valence-corrected chi connectivity index (χ4v) is 2.85. The van der Waals surface area contributed by atoms with Gasteiger partial charge in [0.25, 0.3) is 0 Å². The Hall–Kier alpha value is -1.62. The van der Waals surface area contributed by atoms with Gasteiger partial charge in [0, 0.05) is 22.6 Å². The predicted octanol–water partition coefficient (Wildman–Crippen LogP) is 4.90. The lowest BCUT2D eigenvalue weighted by Crippen LogP contribution is -1.97. The molecule has 2 aromatic carbocycles. The van der Waals surface area contributed by atoms with Gasteiger partial charge in [-0.05, 0) is 48.0 Å². The fourth-order valence-electron chi connectivity index (χ4n) is 2.12. The molecular weight excluding hydrogens is 352 g/mol. The number of fused-ring (bicyclic) bond motifs is 1. The minimum Gasteiger partial charge on any atom is -0.455 e. The zero-order valence-electron chi connectivity index (χ0n) is 11.0. The van der Waals surface area contributed by atoms with Gasteiger partial charge in [0.05, 0.1) is 5.02 Å². The van der Waals surface area contributed by atoms with Gasteiger partial charge in [0.15, 0.2) is 5.75 Å². The summed E-state index contributed by atoms with van der Waals surface area (Å²) in [6.07, 6.45) is 1.72. The van der Waals surface area contributed by atoms with Crippen molar-refractivity contribution in [3.05, 3.63) is 63.7 Å². The summed E-state index contributed by atoms with van der Waals surface area (Å²) in [6.45, 7) is 0.454. The van der Waals surface area contributed by atoms with Crippen LogP contribution in [0, 0.1) is 0 Å². The highest BCUT2D eigenvalue weighted by atomic mass is 79.9. The van der Waals surface area contributed by atoms with E-state index in [9.17, 15) is 0 Å². The molecule has 0 bridgehead atoms. The lowest BCUT2D eigenvalue weighted by molar-refractivity contribution is 0.486. The first-order valence-corrected chi connectivity index (χ1v) is 7.55. The first-order valence-electron chi connectivity index (χ1n) is 6.38. The molecule has 1 heterocycles. The predicted molar refractivity (Wildman–Crippen MR) is 88.9 cm³/mol. The monoisotopic (exact) mass is 362 g/mol. The van der Waals surface area contributed by atoms with Gasteiger partial charge in [-0.3, -0.25) is 4.98 Å². The number of aromatic nitrogens is 1. The standard InChI is InChI=1S/C16H12BrClN2O/c17-11-6-10(9-19)7-12(8-11)21-15-4-3-14(18)13-2-1-5-20-16(13)15/h1-8H,9,19H2. The maximum absolute atomic E-state index is 6.19. The normalized spacial score (nSPS) is 10.8. The molecule has 5 heteroatoms. The van der Waals surface area contributed by atoms with Gasteiger partial charge in [0.2, 0.25) is 0 Å². The van der Waals surface area contributed by atoms with Crippen LogP contribution in [-0.2, 0) is 6.54 Å². The van der Waals surface area contributed by atoms with Crippen molar-refractivity contribution in [3.8, 4) is 11.5 Å². The zero-order chi connectivity index (χ0) is 14.8. The second-order valence-corrected chi connectivity index (χ2v) is 5.87. The Morgan fingerprint density at radius 2 is 2.05 bits per heavy atom. The highest BCUT2D eigenvalue weighted by Crippen LogP contribution is 2.33. The summed E-state index contributed by atoms with van der Waals surface area (Å²) in [6, 6.07) is 13.2. The smallest absolute Gasteiger partial charge is 0.153 e. The van der Waals surface area contributed by atoms with Gasteiger partial charge < -0.3 is 10.5 Å². The molecule has 0 amide bonds. The highest BCUT2D eigenvalue weighted by molar-refractivity contribution is 9.10. The van der Waals surface area contributed by atoms with E-state index in [-0.39, 0.29) is 0 Å². The van der Waals surface area contributed by atoms with E-state index in [4.69, 9.17) is 22.1 Å². The molecule has 0 aliphatic rings. The van der Waals surface area contributed by atoms with Crippen LogP contribution in [0.3, 0.4) is 0 Å². The molecule has 0 aliphatic heterocycles. The first kappa shape index (κ1) is 14.3. The van der Waals surface area contributed by atoms with Crippen LogP contribution in [0.25, 0.3) is 10.9 Å². The van der Waals surface area contributed by atoms with E-state index in [1.807, 2.05) is 42.5 Å². The number of benzene rings is 2. The summed E-state index contributed by atoms with van der Waals surface area (Å²) in [5.41, 5.74) is 7.41. The van der Waals surface area contributed by atoms with E-state index in [1.54, 1.807) is 6.20 Å². The van der Waals surface area contributed by atoms with E-state index in [2.05, 4.69) is 20.9 Å². The number of nitrogens with two attached hydrogens (primary N) is 1. The number of halogens is 2. The van der Waals surface area contributed by atoms with E-state index >= 15 is 0 Å². The SMILES string of the molecule is NCc1cc(Br)cc(Oc2ccc(Cl)c3cccnc23)c1. The lowest BCUT2D eigenvalue weighted by Gasteiger charge is -2.10. The molecule has 3 rings (SSSR count). The summed E-state index contributed by atoms with van der Waals surface area (Å²) in [5.74, 6) is 1.37. The summed E-state index contributed by atoms with van der Waals surface area (Å²) in [7, 11) is 0. The first-order chi connectivity index (χ1) is 10.2. The van der Waals surface area contributed by atoms with E-state index in [0.29, 0.717) is 23.1 Å². The van der Waals surface area contributed by atoms with Crippen LogP contribution in [0.1, 0.15) is 5.56 Å². The van der Waals surface area contributed by atoms with Crippen LogP contribution >= 0.6 is 27.5 Å². The molecule has 0 saturated carbocycles. The largest absolute Gasteiger partial charge is 0.455 e. The third-order valence-electron chi connectivity index (χ3n) is 3.07. The summed E-state index contributed by atoms with van der Waals surface area (Å²) < 4.78 is 6.89. The summed E-state index contributed by atoms with van der Waals surface area (Å²) >= 11 is 9.64. The van der Waals surface area contributed by atoms with Crippen LogP contribution < -0.4 is 10.5 Å². The number of pyridine rings is 1. The Bertz CT molecular complexity index is 807. The molecule has 0 radical (unpaired) electrons. The fraction of sp³-hybridized carbons (Fsp3) is 0.0625. The number of nitrogens with zero attached hydrogens (tertiary/aromatic N) is 1. The Kier molecular flexibility index (Phi) is 4.10. The van der Waals surface area contributed by atoms with Gasteiger partial charge >= 0.3 is 0 Å². The minimum absolute atomic E-state index is 0.454. The van der Waals surface area contributed by atoms with Gasteiger partial charge in [0.1, 0.15) is 11.3 Å². The molecule has 0 unspecified atom stereocenters. The van der Waals surface area contributed by atoms with Crippen molar-refractivity contribution in [1.82, 2.24) is 4.98 Å². The molecule has 0 spiro atoms. The van der Waals surface area contributed by atoms with Crippen molar-refractivity contribution in [2.45, 2.75) is 6.54 Å². The third kappa shape index (κ3) is 3.02. The van der Waals surface area contributed by atoms with Crippen LogP contribution in [-0.4, -0.2) is 4.98 Å². The van der Waals surface area contributed by atoms with E-state index in [0.717, 1.165) is 20.9 Å². The van der Waals surface area contributed by atoms with Crippen LogP contribution in [0.4, 0.5) is 0 Å². The zero-order valence-corrected chi connectivity index (χ0v) is 13.4. The Balaban J connectivity index is 2.06. The summed E-state index contributed by atoms with van der Waals surface area (Å²) in [5, 5.41) is 1.52. The van der Waals surface area contributed by atoms with Crippen LogP contribution in [0.2, 0.25) is 5.02 Å². The molecular formula is C16H12BrClN2O. The second-order valence-electron chi connectivity index (χ2n) is 4.55. The molecule has 106 valence electrons. The van der Waals surface area contributed by atoms with Gasteiger partial charge in [-0.1, -0.05) is 27.5 Å². The second kappa shape index (κ2) is 6.02. The molecule has 21 heavy (non-hydrogen) atoms. The average Bonchev–Trinajstić information content (AvgIpc) is 2.50. The molecule has 0 atom stereocenters. The molecule has 0 fully saturated rings. The number of hydrogen-bond donors (Lipinski definition) is 1. The Morgan fingerprint density at radius 1 is 1.19 bits per heavy atom. The van der Waals surface area contributed by atoms with Crippen molar-refractivity contribution >= 4 is 38.4 Å². The molecule has 0 aliphatic carbocycles. The molecule has 3 nitrogen and oxygen atoms in total. The lowest BCUT2D eigenvalue weighted by atomic mass is 10.2. The number of rotatable bonds is 3. The van der Waals surface area contributed by atoms with Crippen molar-refractivity contribution < 1.29 is 4.74 Å². The molecule has 0 saturated heterocycles. The van der Waals surface area contributed by atoms with Crippen molar-refractivity contribution in [3.63, 3.8) is 0 Å². The van der Waals surface area contributed by atoms with Gasteiger partial charge in [-0.15, -0.1) is 0 Å². The topological polar surface area (TPSA) is 48.1 Å². The van der Waals surface area contributed by atoms with E-state index in [1.165, 1.54) is 0 Å². The van der Waals surface area contributed by atoms with Crippen LogP contribution in [0.15, 0.2) is 53.1 Å². The molecule has 3 aromatic rings. The van der Waals surface area contributed by atoms with Crippen molar-refractivity contribution in [1.29, 1.82) is 0 Å². The summed E-state index contributed by atoms with van der Waals surface area (Å²) in [4.78, 5) is 4.36. The van der Waals surface area contributed by atoms with Gasteiger partial charge in [-0.25, -0.2) is 0 Å². The molecule has 1 aromatic heterocycles. The number of hydrogen-bond acceptors (Lipinski definition) is 3. The highest BCUT2D eigenvalue weighted by Gasteiger charge is 2.08. The van der Waals surface area contributed by atoms with Crippen molar-refractivity contribution in [2.75, 3.05) is 0 Å². The maximum Gasteiger partial charge on any atom is 0.153 e. The Labute approximate surface area is 135 Å². The quantitative estimate of drug-likeness (QED) is 0.720. The molecule has 2 N–H and O–H groups in total. The maximum atomic E-state index is 6.19. The minimum atomic E-state index is 0.454. The Morgan fingerprint density at radius 3 is 2.86 bits per heavy atom.